The van der Waals surface area contributed by atoms with Crippen molar-refractivity contribution in [2.24, 2.45) is 0 Å². The maximum Gasteiger partial charge on any atom is 0.141 e. The smallest absolute Gasteiger partial charge is 0.141 e. The van der Waals surface area contributed by atoms with Gasteiger partial charge >= 0.3 is 0 Å². The highest BCUT2D eigenvalue weighted by Gasteiger charge is 1.97. The van der Waals surface area contributed by atoms with Gasteiger partial charge in [0.2, 0.25) is 0 Å². The lowest BCUT2D eigenvalue weighted by Gasteiger charge is -2.05. The van der Waals surface area contributed by atoms with E-state index in [1.807, 2.05) is 31.2 Å². The minimum atomic E-state index is 0.692. The number of benzene rings is 1. The lowest BCUT2D eigenvalue weighted by atomic mass is 10.3. The number of halogens is 1. The van der Waals surface area contributed by atoms with Crippen LogP contribution in [-0.2, 0) is 0 Å². The van der Waals surface area contributed by atoms with Crippen molar-refractivity contribution in [2.45, 2.75) is 6.92 Å². The second-order valence-corrected chi connectivity index (χ2v) is 3.09. The fourth-order valence-electron chi connectivity index (χ4n) is 0.715. The van der Waals surface area contributed by atoms with Gasteiger partial charge in [0.1, 0.15) is 5.75 Å². The van der Waals surface area contributed by atoms with Crippen molar-refractivity contribution in [3.8, 4) is 5.75 Å². The van der Waals surface area contributed by atoms with E-state index >= 15 is 0 Å². The van der Waals surface area contributed by atoms with Crippen LogP contribution in [-0.4, -0.2) is 0 Å². The van der Waals surface area contributed by atoms with Crippen LogP contribution in [0.4, 0.5) is 0 Å². The first-order chi connectivity index (χ1) is 5.20. The Balaban J connectivity index is 2.86. The van der Waals surface area contributed by atoms with E-state index in [1.165, 1.54) is 0 Å². The second-order valence-electron chi connectivity index (χ2n) is 2.23. The molecule has 0 aliphatic rings. The zero-order valence-electron chi connectivity index (χ0n) is 6.30. The molecular formula is C9H9BrO. The minimum Gasteiger partial charge on any atom is -0.461 e. The summed E-state index contributed by atoms with van der Waals surface area (Å²) in [5.74, 6) is 1.50. The highest BCUT2D eigenvalue weighted by atomic mass is 79.9. The average Bonchev–Trinajstić information content (AvgIpc) is 1.93. The summed E-state index contributed by atoms with van der Waals surface area (Å²) >= 11 is 3.36. The zero-order chi connectivity index (χ0) is 8.27. The molecule has 0 amide bonds. The van der Waals surface area contributed by atoms with Gasteiger partial charge in [-0.2, -0.15) is 0 Å². The van der Waals surface area contributed by atoms with Crippen LogP contribution in [0.15, 0.2) is 41.1 Å². The van der Waals surface area contributed by atoms with E-state index in [2.05, 4.69) is 22.5 Å². The topological polar surface area (TPSA) is 9.23 Å². The highest BCUT2D eigenvalue weighted by molar-refractivity contribution is 9.10. The Labute approximate surface area is 74.8 Å². The van der Waals surface area contributed by atoms with Gasteiger partial charge in [0.15, 0.2) is 0 Å². The molecule has 1 nitrogen and oxygen atoms in total. The van der Waals surface area contributed by atoms with Crippen LogP contribution < -0.4 is 4.74 Å². The summed E-state index contributed by atoms with van der Waals surface area (Å²) in [5.41, 5.74) is 0. The van der Waals surface area contributed by atoms with Gasteiger partial charge in [0.05, 0.1) is 10.2 Å². The van der Waals surface area contributed by atoms with E-state index in [9.17, 15) is 0 Å². The van der Waals surface area contributed by atoms with Gasteiger partial charge in [-0.1, -0.05) is 18.7 Å². The van der Waals surface area contributed by atoms with Crippen molar-refractivity contribution in [2.75, 3.05) is 0 Å². The molecule has 0 aliphatic carbocycles. The maximum absolute atomic E-state index is 5.30. The summed E-state index contributed by atoms with van der Waals surface area (Å²) in [6.07, 6.45) is 0. The van der Waals surface area contributed by atoms with Gasteiger partial charge in [-0.25, -0.2) is 0 Å². The molecule has 2 heteroatoms. The lowest BCUT2D eigenvalue weighted by Crippen LogP contribution is -1.88. The lowest BCUT2D eigenvalue weighted by molar-refractivity contribution is 0.428. The van der Waals surface area contributed by atoms with E-state index < -0.39 is 0 Å². The Morgan fingerprint density at radius 2 is 2.09 bits per heavy atom. The Bertz CT molecular complexity index is 268. The van der Waals surface area contributed by atoms with Crippen molar-refractivity contribution < 1.29 is 4.74 Å². The Kier molecular flexibility index (Phi) is 2.71. The molecule has 58 valence electrons. The number of hydrogen-bond acceptors (Lipinski definition) is 1. The summed E-state index contributed by atoms with van der Waals surface area (Å²) in [6.45, 7) is 5.47. The first-order valence-electron chi connectivity index (χ1n) is 3.28. The zero-order valence-corrected chi connectivity index (χ0v) is 7.89. The first kappa shape index (κ1) is 8.34. The van der Waals surface area contributed by atoms with Gasteiger partial charge in [-0.05, 0) is 35.0 Å². The Morgan fingerprint density at radius 3 is 2.64 bits per heavy atom. The first-order valence-corrected chi connectivity index (χ1v) is 4.07. The van der Waals surface area contributed by atoms with Crippen molar-refractivity contribution >= 4 is 15.9 Å². The molecule has 0 N–H and O–H groups in total. The Hall–Kier alpha value is -0.760. The number of hydrogen-bond donors (Lipinski definition) is 0. The molecule has 0 aromatic heterocycles. The van der Waals surface area contributed by atoms with Gasteiger partial charge in [0, 0.05) is 0 Å². The monoisotopic (exact) mass is 212 g/mol. The predicted molar refractivity (Wildman–Crippen MR) is 49.6 cm³/mol. The van der Waals surface area contributed by atoms with Crippen LogP contribution >= 0.6 is 15.9 Å². The number of allylic oxidation sites excluding steroid dienone is 1. The quantitative estimate of drug-likeness (QED) is 0.684. The van der Waals surface area contributed by atoms with E-state index in [4.69, 9.17) is 4.74 Å². The fourth-order valence-corrected chi connectivity index (χ4v) is 1.08. The molecule has 1 aromatic rings. The van der Waals surface area contributed by atoms with E-state index in [0.717, 1.165) is 10.2 Å². The standard InChI is InChI=1S/C9H9BrO/c1-7(2)11-9-6-4-3-5-8(9)10/h3-6H,1H2,2H3. The van der Waals surface area contributed by atoms with Gasteiger partial charge in [-0.15, -0.1) is 0 Å². The number of ether oxygens (including phenoxy) is 1. The molecular weight excluding hydrogens is 204 g/mol. The van der Waals surface area contributed by atoms with Crippen LogP contribution in [0, 0.1) is 0 Å². The molecule has 1 rings (SSSR count). The summed E-state index contributed by atoms with van der Waals surface area (Å²) in [4.78, 5) is 0. The molecule has 0 heterocycles. The molecule has 11 heavy (non-hydrogen) atoms. The van der Waals surface area contributed by atoms with Gasteiger partial charge < -0.3 is 4.74 Å². The van der Waals surface area contributed by atoms with Crippen LogP contribution in [0.5, 0.6) is 5.75 Å². The molecule has 0 saturated carbocycles. The van der Waals surface area contributed by atoms with Gasteiger partial charge in [0.25, 0.3) is 0 Å². The molecule has 1 aromatic carbocycles. The summed E-state index contributed by atoms with van der Waals surface area (Å²) in [6, 6.07) is 7.68. The third kappa shape index (κ3) is 2.39. The molecule has 0 bridgehead atoms. The Morgan fingerprint density at radius 1 is 1.45 bits per heavy atom. The predicted octanol–water partition coefficient (Wildman–Crippen LogP) is 3.36. The largest absolute Gasteiger partial charge is 0.461 e. The molecule has 0 spiro atoms. The highest BCUT2D eigenvalue weighted by Crippen LogP contribution is 2.24. The van der Waals surface area contributed by atoms with E-state index in [0.29, 0.717) is 5.76 Å². The fraction of sp³-hybridized carbons (Fsp3) is 0.111. The molecule has 0 radical (unpaired) electrons. The third-order valence-electron chi connectivity index (χ3n) is 1.12. The van der Waals surface area contributed by atoms with Crippen LogP contribution in [0.3, 0.4) is 0 Å². The van der Waals surface area contributed by atoms with Crippen LogP contribution in [0.2, 0.25) is 0 Å². The van der Waals surface area contributed by atoms with E-state index in [1.54, 1.807) is 0 Å². The number of para-hydroxylation sites is 1. The molecule has 0 atom stereocenters. The average molecular weight is 213 g/mol. The van der Waals surface area contributed by atoms with Crippen molar-refractivity contribution in [1.82, 2.24) is 0 Å². The second kappa shape index (κ2) is 3.58. The van der Waals surface area contributed by atoms with Crippen LogP contribution in [0.1, 0.15) is 6.92 Å². The van der Waals surface area contributed by atoms with Gasteiger partial charge in [-0.3, -0.25) is 0 Å². The molecule has 0 saturated heterocycles. The normalized spacial score (nSPS) is 9.27. The summed E-state index contributed by atoms with van der Waals surface area (Å²) in [5, 5.41) is 0. The summed E-state index contributed by atoms with van der Waals surface area (Å²) in [7, 11) is 0. The molecule has 0 unspecified atom stereocenters. The molecule has 0 aliphatic heterocycles. The van der Waals surface area contributed by atoms with Crippen molar-refractivity contribution in [3.05, 3.63) is 41.1 Å². The maximum atomic E-state index is 5.30. The summed E-state index contributed by atoms with van der Waals surface area (Å²) < 4.78 is 6.25. The number of rotatable bonds is 2. The van der Waals surface area contributed by atoms with Crippen LogP contribution in [0.25, 0.3) is 0 Å². The third-order valence-corrected chi connectivity index (χ3v) is 1.78. The van der Waals surface area contributed by atoms with Crippen molar-refractivity contribution in [3.63, 3.8) is 0 Å². The SMILES string of the molecule is C=C(C)Oc1ccccc1Br. The molecule has 0 fully saturated rings. The van der Waals surface area contributed by atoms with E-state index in [-0.39, 0.29) is 0 Å². The van der Waals surface area contributed by atoms with Crippen molar-refractivity contribution in [1.29, 1.82) is 0 Å². The minimum absolute atomic E-state index is 0.692.